The van der Waals surface area contributed by atoms with Crippen LogP contribution in [0.5, 0.6) is 0 Å². The molecule has 0 radical (unpaired) electrons. The normalized spacial score (nSPS) is 23.0. The van der Waals surface area contributed by atoms with Crippen LogP contribution >= 0.6 is 0 Å². The predicted molar refractivity (Wildman–Crippen MR) is 110 cm³/mol. The topological polar surface area (TPSA) is 58.6 Å². The zero-order valence-corrected chi connectivity index (χ0v) is 16.7. The molecular formula is C24H29NO3. The van der Waals surface area contributed by atoms with Gasteiger partial charge in [-0.15, -0.1) is 0 Å². The largest absolute Gasteiger partial charge is 0.449 e. The van der Waals surface area contributed by atoms with E-state index in [9.17, 15) is 9.90 Å². The van der Waals surface area contributed by atoms with Crippen LogP contribution in [0.4, 0.5) is 4.79 Å². The molecule has 1 saturated carbocycles. The molecule has 4 heteroatoms. The van der Waals surface area contributed by atoms with E-state index < -0.39 is 11.6 Å². The van der Waals surface area contributed by atoms with Crippen molar-refractivity contribution < 1.29 is 14.6 Å². The number of ether oxygens (including phenoxy) is 1. The summed E-state index contributed by atoms with van der Waals surface area (Å²) in [7, 11) is 0. The Bertz CT molecular complexity index is 830. The molecule has 2 N–H and O–H groups in total. The third kappa shape index (κ3) is 3.53. The Kier molecular flexibility index (Phi) is 4.92. The van der Waals surface area contributed by atoms with Crippen LogP contribution in [0.3, 0.4) is 0 Å². The van der Waals surface area contributed by atoms with Gasteiger partial charge in [0.1, 0.15) is 6.61 Å². The lowest BCUT2D eigenvalue weighted by Gasteiger charge is -2.44. The Hall–Kier alpha value is -2.33. The summed E-state index contributed by atoms with van der Waals surface area (Å²) in [6.07, 6.45) is 3.23. The van der Waals surface area contributed by atoms with Gasteiger partial charge in [0, 0.05) is 5.92 Å². The second-order valence-electron chi connectivity index (χ2n) is 9.08. The first-order valence-electron chi connectivity index (χ1n) is 10.2. The van der Waals surface area contributed by atoms with Gasteiger partial charge in [0.15, 0.2) is 0 Å². The fraction of sp³-hybridized carbons (Fsp3) is 0.458. The molecule has 2 aliphatic rings. The van der Waals surface area contributed by atoms with E-state index in [-0.39, 0.29) is 17.9 Å². The van der Waals surface area contributed by atoms with Crippen molar-refractivity contribution in [2.45, 2.75) is 51.0 Å². The van der Waals surface area contributed by atoms with Crippen LogP contribution in [0, 0.1) is 5.41 Å². The van der Waals surface area contributed by atoms with Gasteiger partial charge in [-0.1, -0.05) is 68.8 Å². The van der Waals surface area contributed by atoms with Crippen molar-refractivity contribution in [1.29, 1.82) is 0 Å². The maximum absolute atomic E-state index is 12.6. The predicted octanol–water partition coefficient (Wildman–Crippen LogP) is 4.86. The summed E-state index contributed by atoms with van der Waals surface area (Å²) in [5, 5.41) is 13.0. The quantitative estimate of drug-likeness (QED) is 0.798. The highest BCUT2D eigenvalue weighted by atomic mass is 16.5. The van der Waals surface area contributed by atoms with E-state index >= 15 is 0 Å². The van der Waals surface area contributed by atoms with Crippen LogP contribution in [0.1, 0.15) is 56.6 Å². The van der Waals surface area contributed by atoms with Gasteiger partial charge in [-0.2, -0.15) is 0 Å². The second-order valence-corrected chi connectivity index (χ2v) is 9.08. The molecule has 4 rings (SSSR count). The van der Waals surface area contributed by atoms with Gasteiger partial charge in [0.05, 0.1) is 12.1 Å². The number of amides is 1. The minimum absolute atomic E-state index is 0.0472. The molecule has 0 saturated heterocycles. The maximum atomic E-state index is 12.6. The molecule has 1 unspecified atom stereocenters. The number of benzene rings is 2. The lowest BCUT2D eigenvalue weighted by Crippen LogP contribution is -2.55. The average molecular weight is 380 g/mol. The molecule has 0 bridgehead atoms. The van der Waals surface area contributed by atoms with Crippen molar-refractivity contribution in [1.82, 2.24) is 5.32 Å². The third-order valence-corrected chi connectivity index (χ3v) is 6.34. The first kappa shape index (κ1) is 19.0. The third-order valence-electron chi connectivity index (χ3n) is 6.34. The van der Waals surface area contributed by atoms with Crippen molar-refractivity contribution in [3.8, 4) is 11.1 Å². The van der Waals surface area contributed by atoms with Crippen LogP contribution < -0.4 is 5.32 Å². The van der Waals surface area contributed by atoms with Crippen molar-refractivity contribution in [2.75, 3.05) is 13.2 Å². The van der Waals surface area contributed by atoms with Crippen LogP contribution in [-0.4, -0.2) is 30.0 Å². The number of carbonyl (C=O) groups excluding carboxylic acids is 1. The molecule has 2 aromatic carbocycles. The van der Waals surface area contributed by atoms with Crippen molar-refractivity contribution in [3.05, 3.63) is 59.7 Å². The van der Waals surface area contributed by atoms with E-state index in [1.807, 2.05) is 24.3 Å². The SMILES string of the molecule is CC1(C)CCCC(CO)(NC(=O)OCC2c3ccccc3-c3ccccc32)C1. The summed E-state index contributed by atoms with van der Waals surface area (Å²) in [6.45, 7) is 4.62. The van der Waals surface area contributed by atoms with E-state index in [4.69, 9.17) is 4.74 Å². The number of fused-ring (bicyclic) bond motifs is 3. The van der Waals surface area contributed by atoms with Crippen molar-refractivity contribution in [2.24, 2.45) is 5.41 Å². The van der Waals surface area contributed by atoms with E-state index in [0.717, 1.165) is 25.7 Å². The number of carbonyl (C=O) groups is 1. The highest BCUT2D eigenvalue weighted by Crippen LogP contribution is 2.45. The Morgan fingerprint density at radius 1 is 1.07 bits per heavy atom. The monoisotopic (exact) mass is 379 g/mol. The lowest BCUT2D eigenvalue weighted by molar-refractivity contribution is 0.0532. The zero-order chi connectivity index (χ0) is 19.8. The number of rotatable bonds is 4. The van der Waals surface area contributed by atoms with E-state index in [2.05, 4.69) is 43.4 Å². The summed E-state index contributed by atoms with van der Waals surface area (Å²) < 4.78 is 5.68. The smallest absolute Gasteiger partial charge is 0.407 e. The fourth-order valence-corrected chi connectivity index (χ4v) is 5.13. The number of hydrogen-bond donors (Lipinski definition) is 2. The van der Waals surface area contributed by atoms with E-state index in [0.29, 0.717) is 6.61 Å². The van der Waals surface area contributed by atoms with E-state index in [1.165, 1.54) is 22.3 Å². The van der Waals surface area contributed by atoms with Gasteiger partial charge in [0.2, 0.25) is 0 Å². The Morgan fingerprint density at radius 2 is 1.68 bits per heavy atom. The van der Waals surface area contributed by atoms with Gasteiger partial charge in [0.25, 0.3) is 0 Å². The molecule has 148 valence electrons. The molecule has 0 heterocycles. The molecule has 0 aliphatic heterocycles. The lowest BCUT2D eigenvalue weighted by atomic mass is 9.68. The summed E-state index contributed by atoms with van der Waals surface area (Å²) in [4.78, 5) is 12.6. The number of aliphatic hydroxyl groups is 1. The van der Waals surface area contributed by atoms with Gasteiger partial charge in [-0.05, 0) is 46.9 Å². The molecule has 0 spiro atoms. The summed E-state index contributed by atoms with van der Waals surface area (Å²) in [5.74, 6) is 0.0472. The number of aliphatic hydroxyl groups excluding tert-OH is 1. The number of nitrogens with one attached hydrogen (secondary N) is 1. The van der Waals surface area contributed by atoms with Gasteiger partial charge >= 0.3 is 6.09 Å². The molecule has 2 aliphatic carbocycles. The highest BCUT2D eigenvalue weighted by Gasteiger charge is 2.41. The summed E-state index contributed by atoms with van der Waals surface area (Å²) in [5.41, 5.74) is 4.36. The molecule has 2 aromatic rings. The van der Waals surface area contributed by atoms with Crippen LogP contribution in [0.25, 0.3) is 11.1 Å². The number of hydrogen-bond acceptors (Lipinski definition) is 3. The molecule has 1 fully saturated rings. The summed E-state index contributed by atoms with van der Waals surface area (Å²) in [6, 6.07) is 16.6. The fourth-order valence-electron chi connectivity index (χ4n) is 5.13. The minimum Gasteiger partial charge on any atom is -0.449 e. The molecule has 4 nitrogen and oxygen atoms in total. The summed E-state index contributed by atoms with van der Waals surface area (Å²) >= 11 is 0. The molecule has 0 aromatic heterocycles. The van der Waals surface area contributed by atoms with Crippen LogP contribution in [0.15, 0.2) is 48.5 Å². The first-order valence-corrected chi connectivity index (χ1v) is 10.2. The highest BCUT2D eigenvalue weighted by molar-refractivity contribution is 5.79. The van der Waals surface area contributed by atoms with Gasteiger partial charge in [-0.25, -0.2) is 4.79 Å². The van der Waals surface area contributed by atoms with E-state index in [1.54, 1.807) is 0 Å². The number of alkyl carbamates (subject to hydrolysis) is 1. The Labute approximate surface area is 166 Å². The average Bonchev–Trinajstić information content (AvgIpc) is 2.99. The van der Waals surface area contributed by atoms with Crippen LogP contribution in [0.2, 0.25) is 0 Å². The minimum atomic E-state index is -0.579. The zero-order valence-electron chi connectivity index (χ0n) is 16.7. The molecule has 28 heavy (non-hydrogen) atoms. The van der Waals surface area contributed by atoms with Crippen molar-refractivity contribution in [3.63, 3.8) is 0 Å². The molecule has 1 amide bonds. The van der Waals surface area contributed by atoms with Gasteiger partial charge in [-0.3, -0.25) is 0 Å². The first-order chi connectivity index (χ1) is 13.4. The standard InChI is InChI=1S/C24H29NO3/c1-23(2)12-7-13-24(15-23,16-26)25-22(27)28-14-21-19-10-5-3-8-17(19)18-9-4-6-11-20(18)21/h3-6,8-11,21,26H,7,12-16H2,1-2H3,(H,25,27). The van der Waals surface area contributed by atoms with Crippen LogP contribution in [-0.2, 0) is 4.74 Å². The maximum Gasteiger partial charge on any atom is 0.407 e. The van der Waals surface area contributed by atoms with Crippen molar-refractivity contribution >= 4 is 6.09 Å². The Balaban J connectivity index is 1.47. The second kappa shape index (κ2) is 7.25. The molecular weight excluding hydrogens is 350 g/mol. The Morgan fingerprint density at radius 3 is 2.25 bits per heavy atom. The molecule has 1 atom stereocenters. The van der Waals surface area contributed by atoms with Gasteiger partial charge < -0.3 is 15.2 Å².